The van der Waals surface area contributed by atoms with Crippen LogP contribution in [0.4, 0.5) is 0 Å². The molecule has 0 aliphatic rings. The fourth-order valence-corrected chi connectivity index (χ4v) is 0.400. The van der Waals surface area contributed by atoms with Gasteiger partial charge in [-0.3, -0.25) is 5.73 Å². The van der Waals surface area contributed by atoms with Gasteiger partial charge < -0.3 is 10.0 Å². The van der Waals surface area contributed by atoms with E-state index < -0.39 is 5.85 Å². The monoisotopic (exact) mass is 176 g/mol. The van der Waals surface area contributed by atoms with E-state index in [1.807, 2.05) is 0 Å². The second-order valence-electron chi connectivity index (χ2n) is 2.47. The van der Waals surface area contributed by atoms with E-state index in [1.54, 1.807) is 19.3 Å². The Hall–Kier alpha value is -0.510. The molecular weight excluding hydrogens is 164 g/mol. The second kappa shape index (κ2) is 3.76. The first-order valence-electron chi connectivity index (χ1n) is 3.11. The Morgan fingerprint density at radius 3 is 2.55 bits per heavy atom. The maximum absolute atomic E-state index is 9.18. The molecule has 0 aromatic rings. The number of allylic oxidation sites excluding steroid dienone is 2. The number of aliphatic hydroxyl groups is 1. The minimum atomic E-state index is -1.36. The maximum atomic E-state index is 9.18. The minimum Gasteiger partial charge on any atom is -0.359 e. The molecule has 0 saturated carbocycles. The molecule has 3 N–H and O–H groups in total. The highest BCUT2D eigenvalue weighted by Crippen LogP contribution is 2.04. The van der Waals surface area contributed by atoms with Gasteiger partial charge in [-0.25, -0.2) is 0 Å². The first-order chi connectivity index (χ1) is 4.84. The molecule has 3 nitrogen and oxygen atoms in total. The summed E-state index contributed by atoms with van der Waals surface area (Å²) in [6, 6.07) is 0. The Balaban J connectivity index is 4.07. The minimum absolute atomic E-state index is 0.390. The highest BCUT2D eigenvalue weighted by molar-refractivity contribution is 6.30. The third-order valence-electron chi connectivity index (χ3n) is 1.19. The van der Waals surface area contributed by atoms with Gasteiger partial charge in [0, 0.05) is 18.3 Å². The first kappa shape index (κ1) is 10.5. The van der Waals surface area contributed by atoms with E-state index in [1.165, 1.54) is 11.8 Å². The molecule has 0 spiro atoms. The van der Waals surface area contributed by atoms with Crippen LogP contribution in [-0.2, 0) is 0 Å². The average Bonchev–Trinajstić information content (AvgIpc) is 1.80. The van der Waals surface area contributed by atoms with Crippen LogP contribution < -0.4 is 5.73 Å². The molecule has 1 atom stereocenters. The summed E-state index contributed by atoms with van der Waals surface area (Å²) < 4.78 is 0. The zero-order chi connectivity index (χ0) is 9.07. The van der Waals surface area contributed by atoms with Crippen LogP contribution in [0, 0.1) is 0 Å². The van der Waals surface area contributed by atoms with Crippen LogP contribution in [0.3, 0.4) is 0 Å². The first-order valence-corrected chi connectivity index (χ1v) is 3.48. The lowest BCUT2D eigenvalue weighted by molar-refractivity contribution is -0.0471. The molecule has 64 valence electrons. The predicted molar refractivity (Wildman–Crippen MR) is 46.7 cm³/mol. The third kappa shape index (κ3) is 4.84. The quantitative estimate of drug-likeness (QED) is 0.494. The van der Waals surface area contributed by atoms with Crippen LogP contribution in [0.2, 0.25) is 0 Å². The molecule has 0 amide bonds. The van der Waals surface area contributed by atoms with Gasteiger partial charge in [-0.2, -0.15) is 0 Å². The van der Waals surface area contributed by atoms with Crippen molar-refractivity contribution in [2.75, 3.05) is 7.05 Å². The van der Waals surface area contributed by atoms with E-state index in [4.69, 9.17) is 17.3 Å². The number of hydrogen-bond acceptors (Lipinski definition) is 3. The van der Waals surface area contributed by atoms with E-state index >= 15 is 0 Å². The normalized spacial score (nSPS) is 16.5. The highest BCUT2D eigenvalue weighted by Gasteiger charge is 2.15. The SMILES string of the molecule is C=C(Cl)/C=C\N(C)C(C)(N)O. The zero-order valence-electron chi connectivity index (χ0n) is 6.71. The molecule has 4 heteroatoms. The van der Waals surface area contributed by atoms with Crippen LogP contribution in [0.1, 0.15) is 6.92 Å². The molecule has 1 unspecified atom stereocenters. The lowest BCUT2D eigenvalue weighted by Gasteiger charge is -2.28. The summed E-state index contributed by atoms with van der Waals surface area (Å²) in [6.45, 7) is 4.91. The fraction of sp³-hybridized carbons (Fsp3) is 0.429. The molecular formula is C7H13ClN2O. The summed E-state index contributed by atoms with van der Waals surface area (Å²) in [5, 5.41) is 9.57. The standard InChI is InChI=1S/C7H13ClN2O/c1-6(8)4-5-10(3)7(2,9)11/h4-5,11H,1,9H2,2-3H3/b5-4-. The van der Waals surface area contributed by atoms with Crippen molar-refractivity contribution in [3.05, 3.63) is 23.9 Å². The largest absolute Gasteiger partial charge is 0.359 e. The third-order valence-corrected chi connectivity index (χ3v) is 1.32. The molecule has 0 aliphatic carbocycles. The van der Waals surface area contributed by atoms with Crippen molar-refractivity contribution < 1.29 is 5.11 Å². The van der Waals surface area contributed by atoms with Gasteiger partial charge in [0.2, 0.25) is 0 Å². The molecule has 0 bridgehead atoms. The summed E-state index contributed by atoms with van der Waals surface area (Å²) in [6.07, 6.45) is 3.10. The molecule has 0 radical (unpaired) electrons. The van der Waals surface area contributed by atoms with E-state index in [0.717, 1.165) is 0 Å². The molecule has 0 saturated heterocycles. The van der Waals surface area contributed by atoms with E-state index in [2.05, 4.69) is 6.58 Å². The number of rotatable bonds is 3. The molecule has 0 heterocycles. The van der Waals surface area contributed by atoms with Crippen molar-refractivity contribution >= 4 is 11.6 Å². The summed E-state index contributed by atoms with van der Waals surface area (Å²) in [4.78, 5) is 1.42. The van der Waals surface area contributed by atoms with Gasteiger partial charge >= 0.3 is 0 Å². The molecule has 0 aromatic heterocycles. The number of nitrogens with two attached hydrogens (primary N) is 1. The fourth-order valence-electron chi connectivity index (χ4n) is 0.344. The van der Waals surface area contributed by atoms with Crippen LogP contribution >= 0.6 is 11.6 Å². The van der Waals surface area contributed by atoms with Crippen molar-refractivity contribution in [3.8, 4) is 0 Å². The Kier molecular flexibility index (Phi) is 3.58. The van der Waals surface area contributed by atoms with Crippen molar-refractivity contribution in [1.82, 2.24) is 4.90 Å². The molecule has 0 aliphatic heterocycles. The molecule has 11 heavy (non-hydrogen) atoms. The van der Waals surface area contributed by atoms with Gasteiger partial charge in [-0.05, 0) is 13.0 Å². The van der Waals surface area contributed by atoms with Crippen molar-refractivity contribution in [3.63, 3.8) is 0 Å². The van der Waals surface area contributed by atoms with Crippen molar-refractivity contribution in [1.29, 1.82) is 0 Å². The summed E-state index contributed by atoms with van der Waals surface area (Å²) in [5.74, 6) is -1.36. The van der Waals surface area contributed by atoms with Crippen LogP contribution in [0.25, 0.3) is 0 Å². The molecule has 0 aromatic carbocycles. The van der Waals surface area contributed by atoms with Crippen molar-refractivity contribution in [2.24, 2.45) is 5.73 Å². The lowest BCUT2D eigenvalue weighted by Crippen LogP contribution is -2.48. The average molecular weight is 177 g/mol. The van der Waals surface area contributed by atoms with Gasteiger partial charge in [0.05, 0.1) is 0 Å². The second-order valence-corrected chi connectivity index (χ2v) is 2.95. The van der Waals surface area contributed by atoms with Gasteiger partial charge in [0.15, 0.2) is 5.85 Å². The predicted octanol–water partition coefficient (Wildman–Crippen LogP) is 0.809. The highest BCUT2D eigenvalue weighted by atomic mass is 35.5. The Bertz CT molecular complexity index is 172. The van der Waals surface area contributed by atoms with Gasteiger partial charge in [-0.1, -0.05) is 18.2 Å². The van der Waals surface area contributed by atoms with Gasteiger partial charge in [-0.15, -0.1) is 0 Å². The van der Waals surface area contributed by atoms with Crippen LogP contribution in [0.15, 0.2) is 23.9 Å². The Morgan fingerprint density at radius 1 is 1.82 bits per heavy atom. The van der Waals surface area contributed by atoms with E-state index in [0.29, 0.717) is 5.03 Å². The number of nitrogens with zero attached hydrogens (tertiary/aromatic N) is 1. The number of halogens is 1. The van der Waals surface area contributed by atoms with Crippen LogP contribution in [-0.4, -0.2) is 22.9 Å². The number of hydrogen-bond donors (Lipinski definition) is 2. The van der Waals surface area contributed by atoms with E-state index in [9.17, 15) is 5.11 Å². The smallest absolute Gasteiger partial charge is 0.189 e. The Labute approximate surface area is 71.7 Å². The summed E-state index contributed by atoms with van der Waals surface area (Å²) in [5.41, 5.74) is 5.32. The summed E-state index contributed by atoms with van der Waals surface area (Å²) >= 11 is 5.44. The van der Waals surface area contributed by atoms with Gasteiger partial charge in [0.1, 0.15) is 0 Å². The summed E-state index contributed by atoms with van der Waals surface area (Å²) in [7, 11) is 1.64. The lowest BCUT2D eigenvalue weighted by atomic mass is 10.4. The Morgan fingerprint density at radius 2 is 2.27 bits per heavy atom. The van der Waals surface area contributed by atoms with E-state index in [-0.39, 0.29) is 0 Å². The maximum Gasteiger partial charge on any atom is 0.189 e. The topological polar surface area (TPSA) is 49.5 Å². The van der Waals surface area contributed by atoms with Crippen molar-refractivity contribution in [2.45, 2.75) is 12.8 Å². The zero-order valence-corrected chi connectivity index (χ0v) is 7.47. The van der Waals surface area contributed by atoms with Gasteiger partial charge in [0.25, 0.3) is 0 Å². The molecule has 0 rings (SSSR count). The molecule has 0 fully saturated rings. The van der Waals surface area contributed by atoms with Crippen LogP contribution in [0.5, 0.6) is 0 Å².